The van der Waals surface area contributed by atoms with E-state index >= 15 is 0 Å². The Hall–Kier alpha value is -2.04. The number of amides is 1. The minimum atomic E-state index is -1.36. The van der Waals surface area contributed by atoms with Gasteiger partial charge in [0.2, 0.25) is 5.91 Å². The van der Waals surface area contributed by atoms with Crippen LogP contribution in [-0.4, -0.2) is 19.0 Å². The molecule has 0 aliphatic heterocycles. The molecule has 0 saturated carbocycles. The van der Waals surface area contributed by atoms with Crippen molar-refractivity contribution in [2.24, 2.45) is 5.41 Å². The third kappa shape index (κ3) is 3.47. The Morgan fingerprint density at radius 2 is 1.84 bits per heavy atom. The topological polar surface area (TPSA) is 78.5 Å². The Bertz CT molecular complexity index is 515. The molecule has 0 unspecified atom stereocenters. The Morgan fingerprint density at radius 3 is 2.26 bits per heavy atom. The summed E-state index contributed by atoms with van der Waals surface area (Å²) in [6.07, 6.45) is 0. The average molecular weight is 264 g/mol. The highest BCUT2D eigenvalue weighted by molar-refractivity contribution is 6.03. The van der Waals surface area contributed by atoms with Crippen LogP contribution in [0.3, 0.4) is 0 Å². The number of aromatic carboxylic acids is 1. The molecule has 0 fully saturated rings. The fourth-order valence-corrected chi connectivity index (χ4v) is 1.51. The molecule has 0 aliphatic rings. The van der Waals surface area contributed by atoms with Crippen molar-refractivity contribution in [3.63, 3.8) is 0 Å². The second-order valence-electron chi connectivity index (χ2n) is 5.38. The number of aryl methyl sites for hydroxylation is 1. The summed E-state index contributed by atoms with van der Waals surface area (Å²) in [6, 6.07) is 3.10. The lowest BCUT2D eigenvalue weighted by atomic mass is 9.95. The van der Waals surface area contributed by atoms with Gasteiger partial charge in [-0.3, -0.25) is 4.79 Å². The zero-order valence-corrected chi connectivity index (χ0v) is 11.8. The minimum Gasteiger partial charge on any atom is -0.545 e. The summed E-state index contributed by atoms with van der Waals surface area (Å²) < 4.78 is 5.12. The van der Waals surface area contributed by atoms with Gasteiger partial charge in [0.15, 0.2) is 0 Å². The minimum absolute atomic E-state index is 0.0885. The molecule has 104 valence electrons. The standard InChI is InChI=1S/C14H19NO4/c1-8-6-9(12(16)17)11(10(7-8)19-5)15-13(18)14(2,3)4/h6-7H,1-5H3,(H,15,18)(H,16,17)/p-1. The number of benzene rings is 1. The van der Waals surface area contributed by atoms with Gasteiger partial charge in [-0.05, 0) is 24.6 Å². The number of hydrogen-bond donors (Lipinski definition) is 1. The van der Waals surface area contributed by atoms with Crippen LogP contribution in [0.5, 0.6) is 5.75 Å². The number of nitrogens with one attached hydrogen (secondary N) is 1. The lowest BCUT2D eigenvalue weighted by Gasteiger charge is -2.21. The van der Waals surface area contributed by atoms with E-state index in [0.717, 1.165) is 0 Å². The number of rotatable bonds is 3. The van der Waals surface area contributed by atoms with Crippen molar-refractivity contribution in [1.29, 1.82) is 0 Å². The van der Waals surface area contributed by atoms with Crippen molar-refractivity contribution in [2.75, 3.05) is 12.4 Å². The van der Waals surface area contributed by atoms with Gasteiger partial charge in [-0.15, -0.1) is 0 Å². The largest absolute Gasteiger partial charge is 0.545 e. The van der Waals surface area contributed by atoms with E-state index in [-0.39, 0.29) is 17.2 Å². The molecule has 0 radical (unpaired) electrons. The van der Waals surface area contributed by atoms with E-state index in [1.54, 1.807) is 33.8 Å². The van der Waals surface area contributed by atoms with E-state index < -0.39 is 11.4 Å². The normalized spacial score (nSPS) is 11.0. The summed E-state index contributed by atoms with van der Waals surface area (Å²) in [5, 5.41) is 13.7. The van der Waals surface area contributed by atoms with Crippen LogP contribution >= 0.6 is 0 Å². The molecule has 0 aromatic heterocycles. The molecule has 1 rings (SSSR count). The van der Waals surface area contributed by atoms with Gasteiger partial charge in [0.1, 0.15) is 5.75 Å². The molecular weight excluding hydrogens is 246 g/mol. The number of carboxylic acids is 1. The van der Waals surface area contributed by atoms with E-state index in [4.69, 9.17) is 4.74 Å². The van der Waals surface area contributed by atoms with Gasteiger partial charge in [-0.1, -0.05) is 20.8 Å². The van der Waals surface area contributed by atoms with E-state index in [2.05, 4.69) is 5.32 Å². The van der Waals surface area contributed by atoms with Crippen molar-refractivity contribution in [1.82, 2.24) is 0 Å². The first-order valence-electron chi connectivity index (χ1n) is 5.88. The summed E-state index contributed by atoms with van der Waals surface area (Å²) in [5.41, 5.74) is 0.117. The highest BCUT2D eigenvalue weighted by atomic mass is 16.5. The second-order valence-corrected chi connectivity index (χ2v) is 5.38. The lowest BCUT2D eigenvalue weighted by molar-refractivity contribution is -0.254. The van der Waals surface area contributed by atoms with E-state index in [1.165, 1.54) is 13.2 Å². The van der Waals surface area contributed by atoms with Gasteiger partial charge in [-0.2, -0.15) is 0 Å². The summed E-state index contributed by atoms with van der Waals surface area (Å²) >= 11 is 0. The van der Waals surface area contributed by atoms with Crippen LogP contribution in [0, 0.1) is 12.3 Å². The highest BCUT2D eigenvalue weighted by Crippen LogP contribution is 2.31. The molecule has 1 aromatic carbocycles. The van der Waals surface area contributed by atoms with Crippen LogP contribution in [-0.2, 0) is 4.79 Å². The van der Waals surface area contributed by atoms with Crippen molar-refractivity contribution in [3.8, 4) is 5.75 Å². The van der Waals surface area contributed by atoms with Crippen LogP contribution in [0.2, 0.25) is 0 Å². The third-order valence-electron chi connectivity index (χ3n) is 2.61. The molecule has 0 heterocycles. The maximum absolute atomic E-state index is 12.0. The molecule has 5 nitrogen and oxygen atoms in total. The van der Waals surface area contributed by atoms with Crippen LogP contribution in [0.15, 0.2) is 12.1 Å². The zero-order chi connectivity index (χ0) is 14.8. The Balaban J connectivity index is 3.32. The van der Waals surface area contributed by atoms with Crippen molar-refractivity contribution in [3.05, 3.63) is 23.3 Å². The first-order chi connectivity index (χ1) is 8.66. The smallest absolute Gasteiger partial charge is 0.229 e. The quantitative estimate of drug-likeness (QED) is 0.893. The molecule has 0 aliphatic carbocycles. The number of carboxylic acid groups (broad SMARTS) is 1. The summed E-state index contributed by atoms with van der Waals surface area (Å²) in [4.78, 5) is 23.1. The maximum Gasteiger partial charge on any atom is 0.229 e. The fraction of sp³-hybridized carbons (Fsp3) is 0.429. The Kier molecular flexibility index (Phi) is 4.19. The third-order valence-corrected chi connectivity index (χ3v) is 2.61. The summed E-state index contributed by atoms with van der Waals surface area (Å²) in [7, 11) is 1.42. The molecule has 19 heavy (non-hydrogen) atoms. The number of carbonyl (C=O) groups excluding carboxylic acids is 2. The first-order valence-corrected chi connectivity index (χ1v) is 5.88. The molecular formula is C14H18NO4-. The predicted octanol–water partition coefficient (Wildman–Crippen LogP) is 1.35. The summed E-state index contributed by atoms with van der Waals surface area (Å²) in [6.45, 7) is 6.95. The predicted molar refractivity (Wildman–Crippen MR) is 70.1 cm³/mol. The molecule has 0 spiro atoms. The zero-order valence-electron chi connectivity index (χ0n) is 11.8. The highest BCUT2D eigenvalue weighted by Gasteiger charge is 2.24. The maximum atomic E-state index is 12.0. The van der Waals surface area contributed by atoms with Gasteiger partial charge in [0.25, 0.3) is 0 Å². The van der Waals surface area contributed by atoms with Gasteiger partial charge < -0.3 is 20.0 Å². The molecule has 0 bridgehead atoms. The van der Waals surface area contributed by atoms with Crippen LogP contribution < -0.4 is 15.2 Å². The first kappa shape index (κ1) is 15.0. The van der Waals surface area contributed by atoms with Crippen LogP contribution in [0.4, 0.5) is 5.69 Å². The molecule has 5 heteroatoms. The van der Waals surface area contributed by atoms with Crippen LogP contribution in [0.25, 0.3) is 0 Å². The number of hydrogen-bond acceptors (Lipinski definition) is 4. The number of carbonyl (C=O) groups is 2. The molecule has 1 amide bonds. The number of ether oxygens (including phenoxy) is 1. The summed E-state index contributed by atoms with van der Waals surface area (Å²) in [5.74, 6) is -1.35. The second kappa shape index (κ2) is 5.30. The average Bonchev–Trinajstić information content (AvgIpc) is 2.28. The van der Waals surface area contributed by atoms with Gasteiger partial charge >= 0.3 is 0 Å². The molecule has 1 N–H and O–H groups in total. The SMILES string of the molecule is COc1cc(C)cc(C(=O)[O-])c1NC(=O)C(C)(C)C. The van der Waals surface area contributed by atoms with Gasteiger partial charge in [0.05, 0.1) is 18.8 Å². The molecule has 0 atom stereocenters. The monoisotopic (exact) mass is 264 g/mol. The Labute approximate surface area is 112 Å². The van der Waals surface area contributed by atoms with Gasteiger partial charge in [-0.25, -0.2) is 0 Å². The lowest BCUT2D eigenvalue weighted by Crippen LogP contribution is -2.30. The fourth-order valence-electron chi connectivity index (χ4n) is 1.51. The number of methoxy groups -OCH3 is 1. The van der Waals surface area contributed by atoms with E-state index in [1.807, 2.05) is 0 Å². The van der Waals surface area contributed by atoms with Crippen molar-refractivity contribution < 1.29 is 19.4 Å². The van der Waals surface area contributed by atoms with Crippen molar-refractivity contribution in [2.45, 2.75) is 27.7 Å². The van der Waals surface area contributed by atoms with Gasteiger partial charge in [0, 0.05) is 11.0 Å². The van der Waals surface area contributed by atoms with E-state index in [0.29, 0.717) is 11.3 Å². The molecule has 0 saturated heterocycles. The van der Waals surface area contributed by atoms with E-state index in [9.17, 15) is 14.7 Å². The number of anilines is 1. The van der Waals surface area contributed by atoms with Crippen LogP contribution in [0.1, 0.15) is 36.7 Å². The van der Waals surface area contributed by atoms with Crippen molar-refractivity contribution >= 4 is 17.6 Å². The molecule has 1 aromatic rings. The Morgan fingerprint density at radius 1 is 1.26 bits per heavy atom.